The lowest BCUT2D eigenvalue weighted by molar-refractivity contribution is 0.332. The normalized spacial score (nSPS) is 10.2. The lowest BCUT2D eigenvalue weighted by Gasteiger charge is -2.14. The predicted molar refractivity (Wildman–Crippen MR) is 86.8 cm³/mol. The number of nitrogens with one attached hydrogen (secondary N) is 1. The molecule has 0 radical (unpaired) electrons. The summed E-state index contributed by atoms with van der Waals surface area (Å²) in [5, 5.41) is 12.1. The van der Waals surface area contributed by atoms with Gasteiger partial charge in [0.1, 0.15) is 24.2 Å². The Kier molecular flexibility index (Phi) is 4.86. The zero-order valence-corrected chi connectivity index (χ0v) is 13.3. The monoisotopic (exact) mass is 314 g/mol. The van der Waals surface area contributed by atoms with Crippen LogP contribution in [0.25, 0.3) is 0 Å². The number of aryl methyl sites for hydroxylation is 1. The minimum Gasteiger partial charge on any atom is -0.492 e. The Morgan fingerprint density at radius 1 is 1.17 bits per heavy atom. The number of nitriles is 1. The molecule has 0 unspecified atom stereocenters. The summed E-state index contributed by atoms with van der Waals surface area (Å²) in [6, 6.07) is 9.46. The Morgan fingerprint density at radius 3 is 2.43 bits per heavy atom. The third kappa shape index (κ3) is 3.43. The Morgan fingerprint density at radius 2 is 1.83 bits per heavy atom. The van der Waals surface area contributed by atoms with E-state index >= 15 is 0 Å². The standard InChI is InChI=1S/C16H18N4O3/c1-11-4-6-12(7-5-11)23-9-8-18-14-13(10-17)15(21)20(3)16(22)19(14)2/h4-7,18H,8-9H2,1-3H3. The van der Waals surface area contributed by atoms with Gasteiger partial charge in [-0.05, 0) is 19.1 Å². The molecule has 1 aromatic heterocycles. The van der Waals surface area contributed by atoms with Gasteiger partial charge in [-0.2, -0.15) is 5.26 Å². The maximum Gasteiger partial charge on any atom is 0.332 e. The van der Waals surface area contributed by atoms with Crippen LogP contribution in [0.2, 0.25) is 0 Å². The van der Waals surface area contributed by atoms with E-state index in [1.807, 2.05) is 37.3 Å². The van der Waals surface area contributed by atoms with Crippen LogP contribution in [0.4, 0.5) is 5.82 Å². The summed E-state index contributed by atoms with van der Waals surface area (Å²) in [7, 11) is 2.85. The summed E-state index contributed by atoms with van der Waals surface area (Å²) in [5.41, 5.74) is -0.0530. The topological polar surface area (TPSA) is 89.1 Å². The number of aromatic nitrogens is 2. The SMILES string of the molecule is Cc1ccc(OCCNc2c(C#N)c(=O)n(C)c(=O)n2C)cc1. The van der Waals surface area contributed by atoms with Crippen molar-refractivity contribution in [3.8, 4) is 11.8 Å². The lowest BCUT2D eigenvalue weighted by atomic mass is 10.2. The molecule has 1 N–H and O–H groups in total. The first kappa shape index (κ1) is 16.4. The third-order valence-electron chi connectivity index (χ3n) is 3.46. The van der Waals surface area contributed by atoms with E-state index in [2.05, 4.69) is 5.32 Å². The summed E-state index contributed by atoms with van der Waals surface area (Å²) in [6.07, 6.45) is 0. The summed E-state index contributed by atoms with van der Waals surface area (Å²) < 4.78 is 7.72. The zero-order valence-electron chi connectivity index (χ0n) is 13.3. The summed E-state index contributed by atoms with van der Waals surface area (Å²) in [5.74, 6) is 0.934. The van der Waals surface area contributed by atoms with E-state index in [0.29, 0.717) is 13.2 Å². The molecule has 7 nitrogen and oxygen atoms in total. The molecule has 0 aliphatic heterocycles. The molecule has 0 aliphatic carbocycles. The van der Waals surface area contributed by atoms with Crippen molar-refractivity contribution < 1.29 is 4.74 Å². The van der Waals surface area contributed by atoms with Crippen molar-refractivity contribution >= 4 is 5.82 Å². The summed E-state index contributed by atoms with van der Waals surface area (Å²) >= 11 is 0. The number of ether oxygens (including phenoxy) is 1. The van der Waals surface area contributed by atoms with Crippen molar-refractivity contribution in [1.29, 1.82) is 5.26 Å². The van der Waals surface area contributed by atoms with Gasteiger partial charge in [-0.3, -0.25) is 13.9 Å². The number of anilines is 1. The van der Waals surface area contributed by atoms with Crippen LogP contribution in [0.3, 0.4) is 0 Å². The molecule has 2 aromatic rings. The average molecular weight is 314 g/mol. The highest BCUT2D eigenvalue weighted by atomic mass is 16.5. The number of hydrogen-bond donors (Lipinski definition) is 1. The fourth-order valence-corrected chi connectivity index (χ4v) is 2.12. The van der Waals surface area contributed by atoms with Crippen LogP contribution < -0.4 is 21.3 Å². The van der Waals surface area contributed by atoms with Gasteiger partial charge in [0.15, 0.2) is 5.56 Å². The van der Waals surface area contributed by atoms with Crippen molar-refractivity contribution in [2.75, 3.05) is 18.5 Å². The fraction of sp³-hybridized carbons (Fsp3) is 0.312. The second-order valence-corrected chi connectivity index (χ2v) is 5.13. The average Bonchev–Trinajstić information content (AvgIpc) is 2.55. The lowest BCUT2D eigenvalue weighted by Crippen LogP contribution is -2.40. The predicted octanol–water partition coefficient (Wildman–Crippen LogP) is 0.755. The van der Waals surface area contributed by atoms with Gasteiger partial charge in [0.25, 0.3) is 5.56 Å². The molecule has 0 amide bonds. The molecular weight excluding hydrogens is 296 g/mol. The van der Waals surface area contributed by atoms with E-state index < -0.39 is 11.2 Å². The Labute approximate surface area is 133 Å². The molecule has 0 atom stereocenters. The fourth-order valence-electron chi connectivity index (χ4n) is 2.12. The van der Waals surface area contributed by atoms with Gasteiger partial charge in [-0.15, -0.1) is 0 Å². The number of hydrogen-bond acceptors (Lipinski definition) is 5. The van der Waals surface area contributed by atoms with Crippen LogP contribution in [-0.4, -0.2) is 22.3 Å². The first-order valence-electron chi connectivity index (χ1n) is 7.09. The molecule has 23 heavy (non-hydrogen) atoms. The van der Waals surface area contributed by atoms with Crippen LogP contribution in [0.1, 0.15) is 11.1 Å². The minimum atomic E-state index is -0.613. The largest absolute Gasteiger partial charge is 0.492 e. The summed E-state index contributed by atoms with van der Waals surface area (Å²) in [6.45, 7) is 2.67. The van der Waals surface area contributed by atoms with E-state index in [4.69, 9.17) is 10.00 Å². The molecule has 1 aromatic carbocycles. The molecule has 120 valence electrons. The number of nitrogens with zero attached hydrogens (tertiary/aromatic N) is 3. The molecule has 7 heteroatoms. The highest BCUT2D eigenvalue weighted by Crippen LogP contribution is 2.11. The molecule has 2 rings (SSSR count). The van der Waals surface area contributed by atoms with Crippen molar-refractivity contribution in [3.63, 3.8) is 0 Å². The minimum absolute atomic E-state index is 0.0927. The Bertz CT molecular complexity index is 857. The molecule has 0 aliphatic rings. The van der Waals surface area contributed by atoms with E-state index in [-0.39, 0.29) is 11.4 Å². The van der Waals surface area contributed by atoms with Crippen LogP contribution in [0.15, 0.2) is 33.9 Å². The highest BCUT2D eigenvalue weighted by molar-refractivity contribution is 5.51. The molecule has 0 spiro atoms. The van der Waals surface area contributed by atoms with Crippen LogP contribution in [-0.2, 0) is 14.1 Å². The molecule has 0 saturated heterocycles. The molecule has 1 heterocycles. The summed E-state index contributed by atoms with van der Waals surface area (Å²) in [4.78, 5) is 23.8. The number of benzene rings is 1. The van der Waals surface area contributed by atoms with Crippen molar-refractivity contribution in [1.82, 2.24) is 9.13 Å². The third-order valence-corrected chi connectivity index (χ3v) is 3.46. The van der Waals surface area contributed by atoms with Crippen LogP contribution in [0, 0.1) is 18.3 Å². The quantitative estimate of drug-likeness (QED) is 0.823. The van der Waals surface area contributed by atoms with Gasteiger partial charge in [0.2, 0.25) is 0 Å². The second kappa shape index (κ2) is 6.83. The van der Waals surface area contributed by atoms with Crippen molar-refractivity contribution in [2.45, 2.75) is 6.92 Å². The van der Waals surface area contributed by atoms with E-state index in [1.54, 1.807) is 0 Å². The first-order valence-corrected chi connectivity index (χ1v) is 7.09. The van der Waals surface area contributed by atoms with E-state index in [0.717, 1.165) is 15.9 Å². The van der Waals surface area contributed by atoms with Crippen LogP contribution in [0.5, 0.6) is 5.75 Å². The van der Waals surface area contributed by atoms with Gasteiger partial charge < -0.3 is 10.1 Å². The molecule has 0 fully saturated rings. The van der Waals surface area contributed by atoms with Gasteiger partial charge >= 0.3 is 5.69 Å². The highest BCUT2D eigenvalue weighted by Gasteiger charge is 2.14. The van der Waals surface area contributed by atoms with Crippen molar-refractivity contribution in [2.24, 2.45) is 14.1 Å². The first-order chi connectivity index (χ1) is 11.0. The van der Waals surface area contributed by atoms with Gasteiger partial charge in [0, 0.05) is 14.1 Å². The van der Waals surface area contributed by atoms with Crippen molar-refractivity contribution in [3.05, 3.63) is 56.2 Å². The second-order valence-electron chi connectivity index (χ2n) is 5.13. The van der Waals surface area contributed by atoms with E-state index in [1.165, 1.54) is 18.7 Å². The number of rotatable bonds is 5. The Balaban J connectivity index is 2.09. The molecular formula is C16H18N4O3. The van der Waals surface area contributed by atoms with Crippen LogP contribution >= 0.6 is 0 Å². The zero-order chi connectivity index (χ0) is 17.0. The Hall–Kier alpha value is -3.01. The molecule has 0 bridgehead atoms. The van der Waals surface area contributed by atoms with Gasteiger partial charge in [-0.1, -0.05) is 17.7 Å². The smallest absolute Gasteiger partial charge is 0.332 e. The maximum atomic E-state index is 11.9. The maximum absolute atomic E-state index is 11.9. The van der Waals surface area contributed by atoms with Gasteiger partial charge in [0.05, 0.1) is 6.54 Å². The van der Waals surface area contributed by atoms with Gasteiger partial charge in [-0.25, -0.2) is 4.79 Å². The molecule has 0 saturated carbocycles. The van der Waals surface area contributed by atoms with E-state index in [9.17, 15) is 9.59 Å².